The van der Waals surface area contributed by atoms with Gasteiger partial charge in [0.15, 0.2) is 0 Å². The van der Waals surface area contributed by atoms with Crippen molar-refractivity contribution < 1.29 is 24.7 Å². The molecule has 0 amide bonds. The molecule has 6 nitrogen and oxygen atoms in total. The maximum atomic E-state index is 6.35. The lowest BCUT2D eigenvalue weighted by Gasteiger charge is -2.44. The molecule has 0 aromatic carbocycles. The zero-order valence-corrected chi connectivity index (χ0v) is 26.5. The highest BCUT2D eigenvalue weighted by Crippen LogP contribution is 2.38. The second-order valence-electron chi connectivity index (χ2n) is 4.77. The molecule has 0 unspecified atom stereocenters. The number of rotatable bonds is 15. The van der Waals surface area contributed by atoms with Crippen LogP contribution >= 0.6 is 0 Å². The summed E-state index contributed by atoms with van der Waals surface area (Å²) in [5, 5.41) is 0.0784. The van der Waals surface area contributed by atoms with Gasteiger partial charge in [-0.05, 0) is 6.42 Å². The molecule has 23 heavy (non-hydrogen) atoms. The van der Waals surface area contributed by atoms with Crippen LogP contribution in [-0.2, 0) is 24.7 Å². The van der Waals surface area contributed by atoms with E-state index < -0.39 is 76.2 Å². The maximum Gasteiger partial charge on any atom is 0.476 e. The quantitative estimate of drug-likeness (QED) is 0.263. The average molecular weight is 465 g/mol. The van der Waals surface area contributed by atoms with E-state index in [1.165, 1.54) is 0 Å². The Morgan fingerprint density at radius 3 is 0.913 bits per heavy atom. The lowest BCUT2D eigenvalue weighted by atomic mass is 10.6. The number of hydrogen-bond donors (Lipinski definition) is 0. The molecule has 0 aromatic heterocycles. The Morgan fingerprint density at radius 2 is 0.783 bits per heavy atom. The summed E-state index contributed by atoms with van der Waals surface area (Å²) in [6, 6.07) is 0. The molecule has 0 saturated carbocycles. The Kier molecular flexibility index (Phi) is 14.6. The lowest BCUT2D eigenvalue weighted by molar-refractivity contribution is 0.226. The van der Waals surface area contributed by atoms with Gasteiger partial charge in [0.1, 0.15) is 58.6 Å². The molecular formula is C9H36O6Si8. The first-order valence-corrected chi connectivity index (χ1v) is 24.4. The topological polar surface area (TPSA) is 55.4 Å². The Hall–Kier alpha value is 1.50. The molecule has 0 aromatic rings. The normalized spacial score (nSPS) is 21.5. The Balaban J connectivity index is 5.91. The first-order chi connectivity index (χ1) is 11.1. The van der Waals surface area contributed by atoms with Crippen molar-refractivity contribution >= 4 is 76.2 Å². The van der Waals surface area contributed by atoms with Crippen LogP contribution in [0.2, 0.25) is 44.4 Å². The van der Waals surface area contributed by atoms with Gasteiger partial charge in [0, 0.05) is 0 Å². The standard InChI is InChI=1S/C9H36O6Si8/c1-8-9(22(10-16-2,11-17-3)12-18-4)23(13-19-5,14-20-6)15-21-7/h9H,8,16-21H2,1-7H3. The largest absolute Gasteiger partial charge is 0.476 e. The predicted octanol–water partition coefficient (Wildman–Crippen LogP) is -1.93. The third-order valence-corrected chi connectivity index (χ3v) is 24.6. The van der Waals surface area contributed by atoms with Crippen LogP contribution in [0.3, 0.4) is 0 Å². The van der Waals surface area contributed by atoms with E-state index in [-0.39, 0.29) is 5.16 Å². The summed E-state index contributed by atoms with van der Waals surface area (Å²) in [4.78, 5) is 0. The highest BCUT2D eigenvalue weighted by molar-refractivity contribution is 6.90. The predicted molar refractivity (Wildman–Crippen MR) is 119 cm³/mol. The van der Waals surface area contributed by atoms with Crippen molar-refractivity contribution in [3.8, 4) is 0 Å². The van der Waals surface area contributed by atoms with E-state index in [9.17, 15) is 0 Å². The SMILES string of the molecule is CCC([Si](O[SiH2]C)(O[SiH2]C)O[SiH2]C)[Si](O[SiH2]C)(O[SiH2]C)O[SiH2]C. The summed E-state index contributed by atoms with van der Waals surface area (Å²) in [5.74, 6) is 0. The van der Waals surface area contributed by atoms with Gasteiger partial charge in [-0.15, -0.1) is 0 Å². The fourth-order valence-electron chi connectivity index (χ4n) is 2.78. The summed E-state index contributed by atoms with van der Waals surface area (Å²) in [5.41, 5.74) is 0. The Bertz CT molecular complexity index is 241. The minimum Gasteiger partial charge on any atom is -0.422 e. The molecular weight excluding hydrogens is 429 g/mol. The van der Waals surface area contributed by atoms with E-state index in [1.807, 2.05) is 0 Å². The van der Waals surface area contributed by atoms with Crippen LogP contribution in [-0.4, -0.2) is 76.2 Å². The van der Waals surface area contributed by atoms with Crippen LogP contribution in [0.1, 0.15) is 13.3 Å². The molecule has 0 fully saturated rings. The van der Waals surface area contributed by atoms with Gasteiger partial charge < -0.3 is 24.7 Å². The van der Waals surface area contributed by atoms with Crippen LogP contribution in [0.15, 0.2) is 0 Å². The van der Waals surface area contributed by atoms with Gasteiger partial charge in [-0.3, -0.25) is 0 Å². The molecule has 0 bridgehead atoms. The third-order valence-electron chi connectivity index (χ3n) is 3.33. The molecule has 0 spiro atoms. The van der Waals surface area contributed by atoms with Crippen molar-refractivity contribution in [2.45, 2.75) is 57.8 Å². The Labute approximate surface area is 158 Å². The zero-order chi connectivity index (χ0) is 17.8. The van der Waals surface area contributed by atoms with Gasteiger partial charge in [-0.1, -0.05) is 46.2 Å². The van der Waals surface area contributed by atoms with Gasteiger partial charge in [0.05, 0.1) is 5.16 Å². The molecule has 0 heterocycles. The van der Waals surface area contributed by atoms with Crippen molar-refractivity contribution in [2.24, 2.45) is 0 Å². The molecule has 0 saturated heterocycles. The summed E-state index contributed by atoms with van der Waals surface area (Å²) < 4.78 is 38.1. The fourth-order valence-corrected chi connectivity index (χ4v) is 31.0. The van der Waals surface area contributed by atoms with Gasteiger partial charge in [-0.25, -0.2) is 0 Å². The monoisotopic (exact) mass is 464 g/mol. The van der Waals surface area contributed by atoms with Crippen LogP contribution in [0.4, 0.5) is 0 Å². The van der Waals surface area contributed by atoms with E-state index >= 15 is 0 Å². The lowest BCUT2D eigenvalue weighted by Crippen LogP contribution is -2.65. The smallest absolute Gasteiger partial charge is 0.422 e. The molecule has 0 radical (unpaired) electrons. The fraction of sp³-hybridized carbons (Fsp3) is 1.00. The van der Waals surface area contributed by atoms with E-state index in [1.54, 1.807) is 0 Å². The summed E-state index contributed by atoms with van der Waals surface area (Å²) in [6.45, 7) is 15.1. The zero-order valence-electron chi connectivity index (χ0n) is 16.0. The molecule has 0 aliphatic heterocycles. The molecule has 0 aliphatic rings. The van der Waals surface area contributed by atoms with Crippen LogP contribution in [0, 0.1) is 0 Å². The Morgan fingerprint density at radius 1 is 0.565 bits per heavy atom. The summed E-state index contributed by atoms with van der Waals surface area (Å²) in [6.07, 6.45) is 0.896. The minimum atomic E-state index is -2.73. The molecule has 0 atom stereocenters. The highest BCUT2D eigenvalue weighted by Gasteiger charge is 2.62. The van der Waals surface area contributed by atoms with Crippen molar-refractivity contribution in [1.29, 1.82) is 0 Å². The second kappa shape index (κ2) is 13.7. The second-order valence-corrected chi connectivity index (χ2v) is 19.5. The molecule has 0 N–H and O–H groups in total. The first-order valence-electron chi connectivity index (χ1n) is 8.89. The van der Waals surface area contributed by atoms with Gasteiger partial charge in [0.25, 0.3) is 0 Å². The molecule has 14 heteroatoms. The van der Waals surface area contributed by atoms with Crippen molar-refractivity contribution in [1.82, 2.24) is 0 Å². The maximum absolute atomic E-state index is 6.35. The van der Waals surface area contributed by atoms with E-state index in [0.717, 1.165) is 6.42 Å². The number of hydrogen-bond acceptors (Lipinski definition) is 6. The van der Waals surface area contributed by atoms with E-state index in [0.29, 0.717) is 0 Å². The first kappa shape index (κ1) is 24.5. The molecule has 0 rings (SSSR count). The minimum absolute atomic E-state index is 0.0784. The van der Waals surface area contributed by atoms with E-state index in [2.05, 4.69) is 46.2 Å². The summed E-state index contributed by atoms with van der Waals surface area (Å²) in [7, 11) is -9.29. The van der Waals surface area contributed by atoms with Crippen LogP contribution in [0.25, 0.3) is 0 Å². The van der Waals surface area contributed by atoms with Crippen LogP contribution < -0.4 is 0 Å². The van der Waals surface area contributed by atoms with Crippen molar-refractivity contribution in [2.75, 3.05) is 0 Å². The van der Waals surface area contributed by atoms with E-state index in [4.69, 9.17) is 24.7 Å². The van der Waals surface area contributed by atoms with Gasteiger partial charge >= 0.3 is 17.6 Å². The summed E-state index contributed by atoms with van der Waals surface area (Å²) >= 11 is 0. The molecule has 140 valence electrons. The van der Waals surface area contributed by atoms with Crippen molar-refractivity contribution in [3.63, 3.8) is 0 Å². The van der Waals surface area contributed by atoms with Gasteiger partial charge in [0.2, 0.25) is 0 Å². The van der Waals surface area contributed by atoms with Gasteiger partial charge in [-0.2, -0.15) is 0 Å². The van der Waals surface area contributed by atoms with Crippen LogP contribution in [0.5, 0.6) is 0 Å². The average Bonchev–Trinajstić information content (AvgIpc) is 2.49. The molecule has 0 aliphatic carbocycles. The highest BCUT2D eigenvalue weighted by atomic mass is 28.5. The van der Waals surface area contributed by atoms with Crippen molar-refractivity contribution in [3.05, 3.63) is 0 Å². The third kappa shape index (κ3) is 6.96.